The normalized spacial score (nSPS) is 15.7. The third-order valence-electron chi connectivity index (χ3n) is 4.42. The fourth-order valence-electron chi connectivity index (χ4n) is 2.95. The lowest BCUT2D eigenvalue weighted by Gasteiger charge is -2.36. The first-order valence-corrected chi connectivity index (χ1v) is 8.62. The molecule has 0 atom stereocenters. The zero-order valence-electron chi connectivity index (χ0n) is 14.1. The van der Waals surface area contributed by atoms with E-state index in [1.165, 1.54) is 12.1 Å². The Morgan fingerprint density at radius 1 is 1.08 bits per heavy atom. The molecule has 0 spiro atoms. The highest BCUT2D eigenvalue weighted by molar-refractivity contribution is 5.76. The van der Waals surface area contributed by atoms with Crippen molar-refractivity contribution in [3.63, 3.8) is 0 Å². The Morgan fingerprint density at radius 2 is 1.79 bits per heavy atom. The van der Waals surface area contributed by atoms with E-state index >= 15 is 0 Å². The smallest absolute Gasteiger partial charge is 0.368 e. The second-order valence-corrected chi connectivity index (χ2v) is 6.23. The van der Waals surface area contributed by atoms with E-state index in [-0.39, 0.29) is 5.91 Å². The van der Waals surface area contributed by atoms with Gasteiger partial charge in [0.05, 0.1) is 5.56 Å². The molecule has 1 saturated heterocycles. The van der Waals surface area contributed by atoms with Crippen LogP contribution in [0.4, 0.5) is 18.9 Å². The number of benzene rings is 1. The van der Waals surface area contributed by atoms with Gasteiger partial charge in [0.1, 0.15) is 0 Å². The summed E-state index contributed by atoms with van der Waals surface area (Å²) in [7, 11) is 0. The molecule has 2 rings (SSSR count). The Balaban J connectivity index is 1.85. The molecule has 1 aromatic carbocycles. The van der Waals surface area contributed by atoms with Crippen LogP contribution in [0.5, 0.6) is 0 Å². The number of unbranched alkanes of at least 4 members (excludes halogenated alkanes) is 3. The average Bonchev–Trinajstić information content (AvgIpc) is 2.58. The van der Waals surface area contributed by atoms with Gasteiger partial charge in [0.2, 0.25) is 5.91 Å². The van der Waals surface area contributed by atoms with Crippen molar-refractivity contribution in [3.8, 4) is 0 Å². The van der Waals surface area contributed by atoms with Crippen LogP contribution in [-0.2, 0) is 11.0 Å². The Labute approximate surface area is 141 Å². The van der Waals surface area contributed by atoms with Crippen molar-refractivity contribution < 1.29 is 18.0 Å². The molecule has 6 heteroatoms. The van der Waals surface area contributed by atoms with Crippen LogP contribution < -0.4 is 4.90 Å². The molecule has 1 aliphatic heterocycles. The van der Waals surface area contributed by atoms with Crippen LogP contribution in [0.25, 0.3) is 0 Å². The number of rotatable bonds is 6. The molecule has 1 amide bonds. The van der Waals surface area contributed by atoms with Gasteiger partial charge in [-0.05, 0) is 24.6 Å². The molecule has 0 saturated carbocycles. The molecule has 0 radical (unpaired) electrons. The van der Waals surface area contributed by atoms with Gasteiger partial charge in [-0.1, -0.05) is 32.3 Å². The van der Waals surface area contributed by atoms with Gasteiger partial charge < -0.3 is 9.80 Å². The Bertz CT molecular complexity index is 537. The van der Waals surface area contributed by atoms with Gasteiger partial charge in [-0.25, -0.2) is 0 Å². The second-order valence-electron chi connectivity index (χ2n) is 6.23. The van der Waals surface area contributed by atoms with E-state index in [0.29, 0.717) is 38.3 Å². The molecule has 0 bridgehead atoms. The molecule has 0 unspecified atom stereocenters. The number of hydrogen-bond donors (Lipinski definition) is 0. The van der Waals surface area contributed by atoms with E-state index in [2.05, 4.69) is 6.92 Å². The first kappa shape index (κ1) is 18.6. The summed E-state index contributed by atoms with van der Waals surface area (Å²) in [6, 6.07) is 5.39. The summed E-state index contributed by atoms with van der Waals surface area (Å²) in [6.07, 6.45) is 0.531. The van der Waals surface area contributed by atoms with E-state index < -0.39 is 11.7 Å². The van der Waals surface area contributed by atoms with Crippen molar-refractivity contribution >= 4 is 11.6 Å². The van der Waals surface area contributed by atoms with Crippen molar-refractivity contribution in [2.45, 2.75) is 45.2 Å². The maximum absolute atomic E-state index is 12.8. The molecule has 0 N–H and O–H groups in total. The van der Waals surface area contributed by atoms with Crippen molar-refractivity contribution in [2.75, 3.05) is 31.1 Å². The molecule has 24 heavy (non-hydrogen) atoms. The predicted octanol–water partition coefficient (Wildman–Crippen LogP) is 4.32. The van der Waals surface area contributed by atoms with Crippen LogP contribution in [0.3, 0.4) is 0 Å². The molecule has 1 aromatic rings. The largest absolute Gasteiger partial charge is 0.416 e. The third-order valence-corrected chi connectivity index (χ3v) is 4.42. The summed E-state index contributed by atoms with van der Waals surface area (Å²) in [5.41, 5.74) is -0.0608. The zero-order chi connectivity index (χ0) is 17.6. The predicted molar refractivity (Wildman–Crippen MR) is 89.0 cm³/mol. The van der Waals surface area contributed by atoms with Gasteiger partial charge in [-0.15, -0.1) is 0 Å². The minimum Gasteiger partial charge on any atom is -0.368 e. The number of hydrogen-bond acceptors (Lipinski definition) is 2. The number of anilines is 1. The van der Waals surface area contributed by atoms with Crippen molar-refractivity contribution in [1.29, 1.82) is 0 Å². The molecular weight excluding hydrogens is 317 g/mol. The number of halogens is 3. The van der Waals surface area contributed by atoms with E-state index in [9.17, 15) is 18.0 Å². The fourth-order valence-corrected chi connectivity index (χ4v) is 2.95. The fraction of sp³-hybridized carbons (Fsp3) is 0.611. The van der Waals surface area contributed by atoms with Gasteiger partial charge in [0.15, 0.2) is 0 Å². The lowest BCUT2D eigenvalue weighted by atomic mass is 10.1. The highest BCUT2D eigenvalue weighted by Gasteiger charge is 2.31. The molecule has 1 aliphatic rings. The van der Waals surface area contributed by atoms with Crippen molar-refractivity contribution in [3.05, 3.63) is 29.8 Å². The van der Waals surface area contributed by atoms with Gasteiger partial charge in [0, 0.05) is 38.3 Å². The highest BCUT2D eigenvalue weighted by atomic mass is 19.4. The summed E-state index contributed by atoms with van der Waals surface area (Å²) in [5, 5.41) is 0. The first-order valence-electron chi connectivity index (χ1n) is 8.62. The number of amides is 1. The lowest BCUT2D eigenvalue weighted by Crippen LogP contribution is -2.48. The standard InChI is InChI=1S/C18H25F3N2O/c1-2-3-4-5-9-17(24)23-12-10-22(11-13-23)16-8-6-7-15(14-16)18(19,20)21/h6-8,14H,2-5,9-13H2,1H3. The molecule has 0 aliphatic carbocycles. The summed E-state index contributed by atoms with van der Waals surface area (Å²) >= 11 is 0. The number of carbonyl (C=O) groups excluding carboxylic acids is 1. The first-order chi connectivity index (χ1) is 11.4. The molecule has 1 heterocycles. The topological polar surface area (TPSA) is 23.6 Å². The molecule has 3 nitrogen and oxygen atoms in total. The molecular formula is C18H25F3N2O. The maximum atomic E-state index is 12.8. The van der Waals surface area contributed by atoms with E-state index in [1.807, 2.05) is 9.80 Å². The van der Waals surface area contributed by atoms with Gasteiger partial charge in [0.25, 0.3) is 0 Å². The number of alkyl halides is 3. The van der Waals surface area contributed by atoms with Gasteiger partial charge >= 0.3 is 6.18 Å². The molecule has 134 valence electrons. The highest BCUT2D eigenvalue weighted by Crippen LogP contribution is 2.31. The quantitative estimate of drug-likeness (QED) is 0.719. The summed E-state index contributed by atoms with van der Waals surface area (Å²) in [4.78, 5) is 15.9. The summed E-state index contributed by atoms with van der Waals surface area (Å²) in [5.74, 6) is 0.162. The minimum atomic E-state index is -4.33. The minimum absolute atomic E-state index is 0.162. The van der Waals surface area contributed by atoms with Crippen LogP contribution in [0.2, 0.25) is 0 Å². The van der Waals surface area contributed by atoms with E-state index in [4.69, 9.17) is 0 Å². The molecule has 1 fully saturated rings. The van der Waals surface area contributed by atoms with Gasteiger partial charge in [-0.3, -0.25) is 4.79 Å². The Kier molecular flexibility index (Phi) is 6.52. The monoisotopic (exact) mass is 342 g/mol. The van der Waals surface area contributed by atoms with Crippen molar-refractivity contribution in [1.82, 2.24) is 4.90 Å². The summed E-state index contributed by atoms with van der Waals surface area (Å²) in [6.45, 7) is 4.42. The Hall–Kier alpha value is -1.72. The number of carbonyl (C=O) groups is 1. The summed E-state index contributed by atoms with van der Waals surface area (Å²) < 4.78 is 38.4. The third kappa shape index (κ3) is 5.14. The van der Waals surface area contributed by atoms with E-state index in [0.717, 1.165) is 31.7 Å². The molecule has 0 aromatic heterocycles. The number of piperazine rings is 1. The second kappa shape index (κ2) is 8.40. The van der Waals surface area contributed by atoms with Crippen LogP contribution in [0.15, 0.2) is 24.3 Å². The van der Waals surface area contributed by atoms with Gasteiger partial charge in [-0.2, -0.15) is 13.2 Å². The van der Waals surface area contributed by atoms with Crippen LogP contribution in [0, 0.1) is 0 Å². The van der Waals surface area contributed by atoms with Crippen molar-refractivity contribution in [2.24, 2.45) is 0 Å². The number of nitrogens with zero attached hydrogens (tertiary/aromatic N) is 2. The van der Waals surface area contributed by atoms with Crippen LogP contribution in [0.1, 0.15) is 44.6 Å². The lowest BCUT2D eigenvalue weighted by molar-refractivity contribution is -0.137. The Morgan fingerprint density at radius 3 is 2.42 bits per heavy atom. The SMILES string of the molecule is CCCCCCC(=O)N1CCN(c2cccc(C(F)(F)F)c2)CC1. The zero-order valence-corrected chi connectivity index (χ0v) is 14.1. The average molecular weight is 342 g/mol. The van der Waals surface area contributed by atoms with Crippen LogP contribution in [-0.4, -0.2) is 37.0 Å². The van der Waals surface area contributed by atoms with E-state index in [1.54, 1.807) is 6.07 Å². The maximum Gasteiger partial charge on any atom is 0.416 e. The van der Waals surface area contributed by atoms with Crippen LogP contribution >= 0.6 is 0 Å².